The highest BCUT2D eigenvalue weighted by molar-refractivity contribution is 6.32. The van der Waals surface area contributed by atoms with Gasteiger partial charge in [-0.3, -0.25) is 9.59 Å². The molecule has 1 rings (SSSR count). The zero-order valence-corrected chi connectivity index (χ0v) is 10.2. The number of hydrogen-bond donors (Lipinski definition) is 1. The molecule has 0 spiro atoms. The molecule has 0 aromatic heterocycles. The monoisotopic (exact) mass is 257 g/mol. The van der Waals surface area contributed by atoms with Crippen LogP contribution in [0.5, 0.6) is 5.75 Å². The Kier molecular flexibility index (Phi) is 4.78. The van der Waals surface area contributed by atoms with Crippen LogP contribution in [0.3, 0.4) is 0 Å². The van der Waals surface area contributed by atoms with Gasteiger partial charge in [-0.25, -0.2) is 0 Å². The van der Waals surface area contributed by atoms with E-state index in [2.05, 4.69) is 10.1 Å². The zero-order chi connectivity index (χ0) is 12.8. The van der Waals surface area contributed by atoms with E-state index in [1.807, 2.05) is 0 Å². The lowest BCUT2D eigenvalue weighted by Crippen LogP contribution is -2.17. The Morgan fingerprint density at radius 1 is 1.35 bits per heavy atom. The minimum atomic E-state index is -0.595. The number of esters is 1. The summed E-state index contributed by atoms with van der Waals surface area (Å²) in [5, 5.41) is 2.90. The van der Waals surface area contributed by atoms with E-state index in [4.69, 9.17) is 16.3 Å². The molecule has 0 unspecified atom stereocenters. The summed E-state index contributed by atoms with van der Waals surface area (Å²) in [5.41, 5.74) is 0.490. The summed E-state index contributed by atoms with van der Waals surface area (Å²) in [6, 6.07) is 4.78. The SMILES string of the molecule is COC(=O)CC(=O)Nc1ccc(OC)c(Cl)c1. The van der Waals surface area contributed by atoms with Crippen molar-refractivity contribution in [3.8, 4) is 5.75 Å². The van der Waals surface area contributed by atoms with Crippen molar-refractivity contribution in [1.82, 2.24) is 0 Å². The van der Waals surface area contributed by atoms with Crippen LogP contribution in [0.2, 0.25) is 5.02 Å². The van der Waals surface area contributed by atoms with Gasteiger partial charge < -0.3 is 14.8 Å². The third-order valence-corrected chi connectivity index (χ3v) is 2.26. The minimum Gasteiger partial charge on any atom is -0.495 e. The van der Waals surface area contributed by atoms with Crippen molar-refractivity contribution in [3.63, 3.8) is 0 Å². The summed E-state index contributed by atoms with van der Waals surface area (Å²) in [6.45, 7) is 0. The lowest BCUT2D eigenvalue weighted by Gasteiger charge is -2.07. The van der Waals surface area contributed by atoms with Gasteiger partial charge in [-0.05, 0) is 18.2 Å². The van der Waals surface area contributed by atoms with Gasteiger partial charge >= 0.3 is 5.97 Å². The molecule has 6 heteroatoms. The van der Waals surface area contributed by atoms with Crippen molar-refractivity contribution >= 4 is 29.2 Å². The molecule has 0 radical (unpaired) electrons. The summed E-state index contributed by atoms with van der Waals surface area (Å²) in [5.74, 6) is -0.544. The van der Waals surface area contributed by atoms with E-state index in [1.165, 1.54) is 20.3 Å². The van der Waals surface area contributed by atoms with E-state index in [0.717, 1.165) is 0 Å². The highest BCUT2D eigenvalue weighted by Gasteiger charge is 2.10. The highest BCUT2D eigenvalue weighted by atomic mass is 35.5. The van der Waals surface area contributed by atoms with Crippen LogP contribution in [-0.4, -0.2) is 26.1 Å². The lowest BCUT2D eigenvalue weighted by molar-refractivity contribution is -0.142. The molecule has 17 heavy (non-hydrogen) atoms. The van der Waals surface area contributed by atoms with Crippen molar-refractivity contribution in [2.75, 3.05) is 19.5 Å². The summed E-state index contributed by atoms with van der Waals surface area (Å²) < 4.78 is 9.34. The molecule has 0 saturated heterocycles. The Labute approximate surface area is 104 Å². The van der Waals surface area contributed by atoms with Gasteiger partial charge in [0, 0.05) is 5.69 Å². The van der Waals surface area contributed by atoms with Gasteiger partial charge in [-0.15, -0.1) is 0 Å². The highest BCUT2D eigenvalue weighted by Crippen LogP contribution is 2.27. The number of anilines is 1. The molecule has 1 aromatic rings. The molecule has 5 nitrogen and oxygen atoms in total. The fraction of sp³-hybridized carbons (Fsp3) is 0.273. The maximum absolute atomic E-state index is 11.4. The van der Waals surface area contributed by atoms with E-state index in [-0.39, 0.29) is 6.42 Å². The predicted octanol–water partition coefficient (Wildman–Crippen LogP) is 1.85. The molecule has 1 amide bonds. The number of halogens is 1. The molecule has 0 aliphatic carbocycles. The van der Waals surface area contributed by atoms with E-state index >= 15 is 0 Å². The number of carbonyl (C=O) groups excluding carboxylic acids is 2. The molecule has 0 heterocycles. The maximum atomic E-state index is 11.4. The second kappa shape index (κ2) is 6.10. The van der Waals surface area contributed by atoms with E-state index in [1.54, 1.807) is 12.1 Å². The van der Waals surface area contributed by atoms with E-state index in [0.29, 0.717) is 16.5 Å². The maximum Gasteiger partial charge on any atom is 0.315 e. The number of amides is 1. The molecule has 1 aromatic carbocycles. The molecule has 0 fully saturated rings. The first kappa shape index (κ1) is 13.3. The second-order valence-electron chi connectivity index (χ2n) is 3.15. The minimum absolute atomic E-state index is 0.333. The Morgan fingerprint density at radius 3 is 2.59 bits per heavy atom. The molecule has 0 aliphatic heterocycles. The number of ether oxygens (including phenoxy) is 2. The molecular weight excluding hydrogens is 246 g/mol. The van der Waals surface area contributed by atoms with E-state index < -0.39 is 11.9 Å². The zero-order valence-electron chi connectivity index (χ0n) is 9.45. The number of benzene rings is 1. The Morgan fingerprint density at radius 2 is 2.06 bits per heavy atom. The molecular formula is C11H12ClNO4. The van der Waals surface area contributed by atoms with Crippen LogP contribution in [0, 0.1) is 0 Å². The van der Waals surface area contributed by atoms with Gasteiger partial charge in [0.25, 0.3) is 0 Å². The first-order valence-corrected chi connectivity index (χ1v) is 5.15. The Balaban J connectivity index is 2.66. The van der Waals surface area contributed by atoms with Crippen molar-refractivity contribution in [3.05, 3.63) is 23.2 Å². The molecule has 0 atom stereocenters. The van der Waals surface area contributed by atoms with Crippen LogP contribution >= 0.6 is 11.6 Å². The Hall–Kier alpha value is -1.75. The molecule has 92 valence electrons. The van der Waals surface area contributed by atoms with Gasteiger partial charge in [0.2, 0.25) is 5.91 Å². The number of carbonyl (C=O) groups is 2. The topological polar surface area (TPSA) is 64.6 Å². The van der Waals surface area contributed by atoms with Crippen molar-refractivity contribution in [2.45, 2.75) is 6.42 Å². The average molecular weight is 258 g/mol. The molecule has 1 N–H and O–H groups in total. The van der Waals surface area contributed by atoms with Crippen LogP contribution in [0.1, 0.15) is 6.42 Å². The number of hydrogen-bond acceptors (Lipinski definition) is 4. The summed E-state index contributed by atoms with van der Waals surface area (Å²) in [6.07, 6.45) is -0.333. The van der Waals surface area contributed by atoms with Crippen LogP contribution in [0.25, 0.3) is 0 Å². The number of rotatable bonds is 4. The third kappa shape index (κ3) is 3.96. The fourth-order valence-corrected chi connectivity index (χ4v) is 1.41. The summed E-state index contributed by atoms with van der Waals surface area (Å²) in [4.78, 5) is 22.2. The van der Waals surface area contributed by atoms with Gasteiger partial charge in [0.1, 0.15) is 12.2 Å². The van der Waals surface area contributed by atoms with Crippen molar-refractivity contribution < 1.29 is 19.1 Å². The Bertz CT molecular complexity index is 433. The molecule has 0 bridgehead atoms. The van der Waals surface area contributed by atoms with E-state index in [9.17, 15) is 9.59 Å². The fourth-order valence-electron chi connectivity index (χ4n) is 1.15. The van der Waals surface area contributed by atoms with Crippen molar-refractivity contribution in [1.29, 1.82) is 0 Å². The lowest BCUT2D eigenvalue weighted by atomic mass is 10.3. The van der Waals surface area contributed by atoms with Crippen LogP contribution in [0.4, 0.5) is 5.69 Å². The quantitative estimate of drug-likeness (QED) is 0.660. The van der Waals surface area contributed by atoms with Gasteiger partial charge in [0.05, 0.1) is 19.2 Å². The normalized spacial score (nSPS) is 9.59. The first-order chi connectivity index (χ1) is 8.06. The van der Waals surface area contributed by atoms with Crippen LogP contribution in [0.15, 0.2) is 18.2 Å². The largest absolute Gasteiger partial charge is 0.495 e. The predicted molar refractivity (Wildman–Crippen MR) is 63.3 cm³/mol. The molecule has 0 aliphatic rings. The van der Waals surface area contributed by atoms with Gasteiger partial charge in [-0.1, -0.05) is 11.6 Å². The van der Waals surface area contributed by atoms with Crippen molar-refractivity contribution in [2.24, 2.45) is 0 Å². The number of methoxy groups -OCH3 is 2. The van der Waals surface area contributed by atoms with Crippen LogP contribution < -0.4 is 10.1 Å². The average Bonchev–Trinajstić information content (AvgIpc) is 2.29. The second-order valence-corrected chi connectivity index (χ2v) is 3.56. The summed E-state index contributed by atoms with van der Waals surface area (Å²) in [7, 11) is 2.72. The standard InChI is InChI=1S/C11H12ClNO4/c1-16-9-4-3-7(5-8(9)12)13-10(14)6-11(15)17-2/h3-5H,6H2,1-2H3,(H,13,14). The van der Waals surface area contributed by atoms with Gasteiger partial charge in [0.15, 0.2) is 0 Å². The summed E-state index contributed by atoms with van der Waals surface area (Å²) >= 11 is 5.88. The number of nitrogens with one attached hydrogen (secondary N) is 1. The smallest absolute Gasteiger partial charge is 0.315 e. The first-order valence-electron chi connectivity index (χ1n) is 4.77. The van der Waals surface area contributed by atoms with Crippen LogP contribution in [-0.2, 0) is 14.3 Å². The van der Waals surface area contributed by atoms with Gasteiger partial charge in [-0.2, -0.15) is 0 Å². The molecule has 0 saturated carbocycles. The third-order valence-electron chi connectivity index (χ3n) is 1.97.